The maximum absolute atomic E-state index is 10.5. The first kappa shape index (κ1) is 8.80. The van der Waals surface area contributed by atoms with E-state index in [9.17, 15) is 4.79 Å². The molecule has 0 unspecified atom stereocenters. The molecule has 4 N–H and O–H groups in total. The van der Waals surface area contributed by atoms with Crippen molar-refractivity contribution in [1.29, 1.82) is 0 Å². The average Bonchev–Trinajstić information content (AvgIpc) is 2.34. The van der Waals surface area contributed by atoms with Crippen LogP contribution in [0.4, 0.5) is 0 Å². The molecule has 0 aliphatic carbocycles. The van der Waals surface area contributed by atoms with E-state index in [1.807, 2.05) is 6.92 Å². The van der Waals surface area contributed by atoms with Crippen molar-refractivity contribution in [2.24, 2.45) is 11.5 Å². The molecule has 0 spiro atoms. The van der Waals surface area contributed by atoms with E-state index in [-0.39, 0.29) is 6.42 Å². The minimum absolute atomic E-state index is 0.118. The smallest absolute Gasteiger partial charge is 0.219 e. The maximum atomic E-state index is 10.5. The molecule has 1 rings (SSSR count). The Balaban J connectivity index is 2.64. The zero-order valence-electron chi connectivity index (χ0n) is 6.91. The first-order chi connectivity index (χ1) is 5.59. The van der Waals surface area contributed by atoms with E-state index in [1.54, 1.807) is 12.3 Å². The highest BCUT2D eigenvalue weighted by molar-refractivity contribution is 5.74. The quantitative estimate of drug-likeness (QED) is 0.688. The van der Waals surface area contributed by atoms with Crippen molar-refractivity contribution >= 4 is 5.91 Å². The lowest BCUT2D eigenvalue weighted by molar-refractivity contribution is -0.118. The Morgan fingerprint density at radius 1 is 1.75 bits per heavy atom. The Morgan fingerprint density at radius 3 is 2.83 bits per heavy atom. The number of amides is 1. The predicted octanol–water partition coefficient (Wildman–Crippen LogP) is 0.463. The van der Waals surface area contributed by atoms with E-state index in [4.69, 9.17) is 15.9 Å². The third-order valence-corrected chi connectivity index (χ3v) is 1.54. The number of carbonyl (C=O) groups is 1. The molecule has 0 fully saturated rings. The van der Waals surface area contributed by atoms with Crippen molar-refractivity contribution in [3.05, 3.63) is 23.7 Å². The van der Waals surface area contributed by atoms with Gasteiger partial charge in [0.1, 0.15) is 5.76 Å². The molecule has 4 nitrogen and oxygen atoms in total. The molecule has 1 amide bonds. The van der Waals surface area contributed by atoms with Crippen molar-refractivity contribution in [1.82, 2.24) is 0 Å². The van der Waals surface area contributed by atoms with E-state index in [2.05, 4.69) is 0 Å². The third-order valence-electron chi connectivity index (χ3n) is 1.54. The molecule has 0 aliphatic heterocycles. The summed E-state index contributed by atoms with van der Waals surface area (Å²) in [5, 5.41) is 0. The van der Waals surface area contributed by atoms with Gasteiger partial charge in [0.2, 0.25) is 5.91 Å². The summed E-state index contributed by atoms with van der Waals surface area (Å²) in [7, 11) is 0. The van der Waals surface area contributed by atoms with Crippen LogP contribution < -0.4 is 11.5 Å². The molecule has 1 atom stereocenters. The number of hydrogen-bond donors (Lipinski definition) is 2. The number of rotatable bonds is 3. The molecule has 0 radical (unpaired) electrons. The molecule has 12 heavy (non-hydrogen) atoms. The van der Waals surface area contributed by atoms with Crippen molar-refractivity contribution < 1.29 is 9.21 Å². The molecule has 0 aliphatic rings. The van der Waals surface area contributed by atoms with Gasteiger partial charge in [0.15, 0.2) is 0 Å². The molecule has 0 saturated heterocycles. The Morgan fingerprint density at radius 2 is 2.42 bits per heavy atom. The summed E-state index contributed by atoms with van der Waals surface area (Å²) in [4.78, 5) is 10.5. The second kappa shape index (κ2) is 3.40. The fraction of sp³-hybridized carbons (Fsp3) is 0.375. The van der Waals surface area contributed by atoms with Crippen LogP contribution in [-0.4, -0.2) is 5.91 Å². The number of aryl methyl sites for hydroxylation is 1. The highest BCUT2D eigenvalue weighted by atomic mass is 16.3. The monoisotopic (exact) mass is 168 g/mol. The van der Waals surface area contributed by atoms with Gasteiger partial charge in [-0.3, -0.25) is 4.79 Å². The molecule has 66 valence electrons. The topological polar surface area (TPSA) is 82.2 Å². The van der Waals surface area contributed by atoms with Gasteiger partial charge in [-0.15, -0.1) is 0 Å². The van der Waals surface area contributed by atoms with Gasteiger partial charge in [-0.25, -0.2) is 0 Å². The van der Waals surface area contributed by atoms with E-state index in [1.165, 1.54) is 0 Å². The molecule has 1 heterocycles. The third kappa shape index (κ3) is 2.10. The summed E-state index contributed by atoms with van der Waals surface area (Å²) in [6, 6.07) is 1.38. The summed E-state index contributed by atoms with van der Waals surface area (Å²) in [6.45, 7) is 1.89. The fourth-order valence-corrected chi connectivity index (χ4v) is 0.965. The molecule has 1 aromatic rings. The van der Waals surface area contributed by atoms with E-state index in [0.29, 0.717) is 5.76 Å². The van der Waals surface area contributed by atoms with Crippen LogP contribution in [0.25, 0.3) is 0 Å². The summed E-state index contributed by atoms with van der Waals surface area (Å²) in [6.07, 6.45) is 1.71. The summed E-state index contributed by atoms with van der Waals surface area (Å²) < 4.78 is 5.09. The Labute approximate surface area is 70.5 Å². The van der Waals surface area contributed by atoms with Crippen LogP contribution in [0.5, 0.6) is 0 Å². The molecule has 1 aromatic heterocycles. The fourth-order valence-electron chi connectivity index (χ4n) is 0.965. The SMILES string of the molecule is Cc1coc([C@H](N)CC(N)=O)c1. The van der Waals surface area contributed by atoms with Gasteiger partial charge in [-0.2, -0.15) is 0 Å². The van der Waals surface area contributed by atoms with E-state index in [0.717, 1.165) is 5.56 Å². The van der Waals surface area contributed by atoms with Crippen LogP contribution in [0.2, 0.25) is 0 Å². The predicted molar refractivity (Wildman–Crippen MR) is 44.2 cm³/mol. The van der Waals surface area contributed by atoms with Crippen LogP contribution in [0.3, 0.4) is 0 Å². The number of carbonyl (C=O) groups excluding carboxylic acids is 1. The van der Waals surface area contributed by atoms with Gasteiger partial charge < -0.3 is 15.9 Å². The van der Waals surface area contributed by atoms with Gasteiger partial charge in [0.05, 0.1) is 12.3 Å². The average molecular weight is 168 g/mol. The molecule has 0 aromatic carbocycles. The lowest BCUT2D eigenvalue weighted by Crippen LogP contribution is -2.20. The molecular formula is C8H12N2O2. The van der Waals surface area contributed by atoms with Gasteiger partial charge in [-0.05, 0) is 18.6 Å². The number of furan rings is 1. The molecule has 4 heteroatoms. The van der Waals surface area contributed by atoms with Crippen molar-refractivity contribution in [2.75, 3.05) is 0 Å². The Hall–Kier alpha value is -1.29. The van der Waals surface area contributed by atoms with Gasteiger partial charge in [0.25, 0.3) is 0 Å². The minimum atomic E-state index is -0.420. The normalized spacial score (nSPS) is 12.8. The highest BCUT2D eigenvalue weighted by Gasteiger charge is 2.12. The van der Waals surface area contributed by atoms with Crippen LogP contribution in [0.1, 0.15) is 23.8 Å². The van der Waals surface area contributed by atoms with Crippen LogP contribution in [0, 0.1) is 6.92 Å². The van der Waals surface area contributed by atoms with Gasteiger partial charge in [-0.1, -0.05) is 0 Å². The first-order valence-corrected chi connectivity index (χ1v) is 3.68. The summed E-state index contributed by atoms with van der Waals surface area (Å²) in [5.41, 5.74) is 11.6. The summed E-state index contributed by atoms with van der Waals surface area (Å²) >= 11 is 0. The number of hydrogen-bond acceptors (Lipinski definition) is 3. The lowest BCUT2D eigenvalue weighted by Gasteiger charge is -2.03. The van der Waals surface area contributed by atoms with Crippen molar-refractivity contribution in [2.45, 2.75) is 19.4 Å². The molecular weight excluding hydrogens is 156 g/mol. The maximum Gasteiger partial charge on any atom is 0.219 e. The van der Waals surface area contributed by atoms with Crippen molar-refractivity contribution in [3.8, 4) is 0 Å². The van der Waals surface area contributed by atoms with Crippen LogP contribution >= 0.6 is 0 Å². The minimum Gasteiger partial charge on any atom is -0.467 e. The summed E-state index contributed by atoms with van der Waals surface area (Å²) in [5.74, 6) is 0.183. The van der Waals surface area contributed by atoms with Crippen molar-refractivity contribution in [3.63, 3.8) is 0 Å². The molecule has 0 saturated carbocycles. The number of primary amides is 1. The zero-order chi connectivity index (χ0) is 9.14. The Bertz CT molecular complexity index is 280. The lowest BCUT2D eigenvalue weighted by atomic mass is 10.1. The first-order valence-electron chi connectivity index (χ1n) is 3.68. The standard InChI is InChI=1S/C8H12N2O2/c1-5-2-7(12-4-5)6(9)3-8(10)11/h2,4,6H,3,9H2,1H3,(H2,10,11)/t6-/m1/s1. The largest absolute Gasteiger partial charge is 0.467 e. The second-order valence-corrected chi connectivity index (χ2v) is 2.80. The molecule has 0 bridgehead atoms. The van der Waals surface area contributed by atoms with Crippen LogP contribution in [0.15, 0.2) is 16.7 Å². The van der Waals surface area contributed by atoms with Gasteiger partial charge >= 0.3 is 0 Å². The van der Waals surface area contributed by atoms with Crippen LogP contribution in [-0.2, 0) is 4.79 Å². The highest BCUT2D eigenvalue weighted by Crippen LogP contribution is 2.16. The zero-order valence-corrected chi connectivity index (χ0v) is 6.91. The van der Waals surface area contributed by atoms with E-state index < -0.39 is 11.9 Å². The second-order valence-electron chi connectivity index (χ2n) is 2.80. The van der Waals surface area contributed by atoms with Gasteiger partial charge in [0, 0.05) is 6.42 Å². The number of nitrogens with two attached hydrogens (primary N) is 2. The Kier molecular flexibility index (Phi) is 2.50. The van der Waals surface area contributed by atoms with E-state index >= 15 is 0 Å².